The lowest BCUT2D eigenvalue weighted by atomic mass is 10.2. The van der Waals surface area contributed by atoms with E-state index < -0.39 is 0 Å². The van der Waals surface area contributed by atoms with Gasteiger partial charge in [0.15, 0.2) is 0 Å². The summed E-state index contributed by atoms with van der Waals surface area (Å²) in [5.41, 5.74) is 8.85. The Bertz CT molecular complexity index is 543. The van der Waals surface area contributed by atoms with Crippen molar-refractivity contribution in [2.75, 3.05) is 24.3 Å². The molecule has 2 rings (SSSR count). The third-order valence-electron chi connectivity index (χ3n) is 3.04. The quantitative estimate of drug-likeness (QED) is 0.820. The fourth-order valence-corrected chi connectivity index (χ4v) is 1.95. The first kappa shape index (κ1) is 14.2. The number of anilines is 2. The lowest BCUT2D eigenvalue weighted by molar-refractivity contribution is 0.319. The molecule has 20 heavy (non-hydrogen) atoms. The Kier molecular flexibility index (Phi) is 4.82. The predicted molar refractivity (Wildman–Crippen MR) is 83.0 cm³/mol. The molecule has 0 spiro atoms. The molecule has 0 atom stereocenters. The third-order valence-corrected chi connectivity index (χ3v) is 3.04. The van der Waals surface area contributed by atoms with E-state index in [1.807, 2.05) is 37.5 Å². The summed E-state index contributed by atoms with van der Waals surface area (Å²) in [4.78, 5) is 6.28. The average molecular weight is 271 g/mol. The van der Waals surface area contributed by atoms with E-state index in [-0.39, 0.29) is 0 Å². The van der Waals surface area contributed by atoms with Gasteiger partial charge in [0, 0.05) is 37.7 Å². The molecular formula is C16H21N3O. The van der Waals surface area contributed by atoms with E-state index in [4.69, 9.17) is 10.5 Å². The highest BCUT2D eigenvalue weighted by Crippen LogP contribution is 2.28. The van der Waals surface area contributed by atoms with Gasteiger partial charge in [0.1, 0.15) is 5.75 Å². The van der Waals surface area contributed by atoms with Crippen LogP contribution >= 0.6 is 0 Å². The monoisotopic (exact) mass is 271 g/mol. The van der Waals surface area contributed by atoms with Gasteiger partial charge < -0.3 is 15.4 Å². The zero-order valence-corrected chi connectivity index (χ0v) is 12.0. The fraction of sp³-hybridized carbons (Fsp3) is 0.312. The smallest absolute Gasteiger partial charge is 0.144 e. The van der Waals surface area contributed by atoms with E-state index in [1.54, 1.807) is 6.20 Å². The molecule has 106 valence electrons. The number of nitrogens with two attached hydrogens (primary N) is 1. The molecule has 0 fully saturated rings. The summed E-state index contributed by atoms with van der Waals surface area (Å²) in [7, 11) is 2.04. The number of nitrogen functional groups attached to an aromatic ring is 1. The van der Waals surface area contributed by atoms with Gasteiger partial charge >= 0.3 is 0 Å². The number of aromatic nitrogens is 1. The predicted octanol–water partition coefficient (Wildman–Crippen LogP) is 3.09. The normalized spacial score (nSPS) is 10.3. The summed E-state index contributed by atoms with van der Waals surface area (Å²) >= 11 is 0. The van der Waals surface area contributed by atoms with Crippen molar-refractivity contribution in [1.82, 2.24) is 4.98 Å². The van der Waals surface area contributed by atoms with Crippen molar-refractivity contribution < 1.29 is 4.74 Å². The van der Waals surface area contributed by atoms with Crippen LogP contribution in [0.15, 0.2) is 42.7 Å². The van der Waals surface area contributed by atoms with Gasteiger partial charge in [-0.25, -0.2) is 0 Å². The number of hydrogen-bond donors (Lipinski definition) is 1. The van der Waals surface area contributed by atoms with Crippen molar-refractivity contribution in [3.63, 3.8) is 0 Å². The van der Waals surface area contributed by atoms with Gasteiger partial charge in [-0.2, -0.15) is 0 Å². The molecule has 0 saturated heterocycles. The summed E-state index contributed by atoms with van der Waals surface area (Å²) in [5.74, 6) is 0.752. The van der Waals surface area contributed by atoms with Crippen LogP contribution in [0.4, 0.5) is 11.4 Å². The van der Waals surface area contributed by atoms with Crippen LogP contribution in [0.25, 0.3) is 0 Å². The van der Waals surface area contributed by atoms with Crippen molar-refractivity contribution in [3.8, 4) is 5.75 Å². The molecule has 1 aromatic carbocycles. The average Bonchev–Trinajstić information content (AvgIpc) is 2.47. The largest absolute Gasteiger partial charge is 0.491 e. The van der Waals surface area contributed by atoms with E-state index in [0.717, 1.165) is 24.4 Å². The minimum Gasteiger partial charge on any atom is -0.491 e. The summed E-state index contributed by atoms with van der Waals surface area (Å²) in [6.45, 7) is 3.56. The maximum atomic E-state index is 5.93. The van der Waals surface area contributed by atoms with Crippen LogP contribution in [-0.4, -0.2) is 18.6 Å². The molecule has 0 aliphatic heterocycles. The Morgan fingerprint density at radius 2 is 2.15 bits per heavy atom. The third kappa shape index (κ3) is 3.63. The molecule has 0 saturated carbocycles. The van der Waals surface area contributed by atoms with Crippen LogP contribution in [0.1, 0.15) is 18.9 Å². The second-order valence-corrected chi connectivity index (χ2v) is 4.79. The lowest BCUT2D eigenvalue weighted by Gasteiger charge is -2.20. The topological polar surface area (TPSA) is 51.4 Å². The number of ether oxygens (including phenoxy) is 1. The van der Waals surface area contributed by atoms with Crippen molar-refractivity contribution in [2.45, 2.75) is 19.9 Å². The highest BCUT2D eigenvalue weighted by molar-refractivity contribution is 5.62. The standard InChI is InChI=1S/C16H21N3O/c1-3-9-20-16-10-14(6-7-15(16)17)19(2)12-13-5-4-8-18-11-13/h4-8,10-11H,3,9,12,17H2,1-2H3. The van der Waals surface area contributed by atoms with Crippen LogP contribution < -0.4 is 15.4 Å². The Labute approximate surface area is 120 Å². The van der Waals surface area contributed by atoms with Crippen LogP contribution in [-0.2, 0) is 6.54 Å². The molecule has 0 radical (unpaired) electrons. The summed E-state index contributed by atoms with van der Waals surface area (Å²) in [6.07, 6.45) is 4.63. The van der Waals surface area contributed by atoms with Crippen LogP contribution in [0.2, 0.25) is 0 Å². The van der Waals surface area contributed by atoms with Crippen LogP contribution in [0, 0.1) is 0 Å². The van der Waals surface area contributed by atoms with Crippen LogP contribution in [0.5, 0.6) is 5.75 Å². The van der Waals surface area contributed by atoms with E-state index in [1.165, 1.54) is 5.56 Å². The second-order valence-electron chi connectivity index (χ2n) is 4.79. The maximum absolute atomic E-state index is 5.93. The SMILES string of the molecule is CCCOc1cc(N(C)Cc2cccnc2)ccc1N. The van der Waals surface area contributed by atoms with E-state index in [9.17, 15) is 0 Å². The first-order chi connectivity index (χ1) is 9.70. The highest BCUT2D eigenvalue weighted by Gasteiger charge is 2.07. The Morgan fingerprint density at radius 1 is 1.30 bits per heavy atom. The fourth-order valence-electron chi connectivity index (χ4n) is 1.95. The minimum absolute atomic E-state index is 0.678. The molecular weight excluding hydrogens is 250 g/mol. The number of rotatable bonds is 6. The van der Waals surface area contributed by atoms with Crippen molar-refractivity contribution in [1.29, 1.82) is 0 Å². The summed E-state index contributed by atoms with van der Waals surface area (Å²) in [5, 5.41) is 0. The van der Waals surface area contributed by atoms with E-state index in [0.29, 0.717) is 12.3 Å². The van der Waals surface area contributed by atoms with Crippen molar-refractivity contribution >= 4 is 11.4 Å². The molecule has 1 aromatic heterocycles. The van der Waals surface area contributed by atoms with Gasteiger partial charge in [0.05, 0.1) is 12.3 Å². The Morgan fingerprint density at radius 3 is 2.85 bits per heavy atom. The molecule has 2 aromatic rings. The first-order valence-corrected chi connectivity index (χ1v) is 6.83. The van der Waals surface area contributed by atoms with Gasteiger partial charge in [-0.15, -0.1) is 0 Å². The minimum atomic E-state index is 0.678. The zero-order valence-electron chi connectivity index (χ0n) is 12.0. The maximum Gasteiger partial charge on any atom is 0.144 e. The van der Waals surface area contributed by atoms with Gasteiger partial charge in [0.25, 0.3) is 0 Å². The molecule has 4 heteroatoms. The second kappa shape index (κ2) is 6.80. The molecule has 4 nitrogen and oxygen atoms in total. The summed E-state index contributed by atoms with van der Waals surface area (Å²) in [6, 6.07) is 9.89. The number of pyridine rings is 1. The van der Waals surface area contributed by atoms with E-state index >= 15 is 0 Å². The molecule has 0 amide bonds. The van der Waals surface area contributed by atoms with Crippen molar-refractivity contribution in [3.05, 3.63) is 48.3 Å². The molecule has 0 bridgehead atoms. The highest BCUT2D eigenvalue weighted by atomic mass is 16.5. The van der Waals surface area contributed by atoms with Gasteiger partial charge in [-0.05, 0) is 30.2 Å². The van der Waals surface area contributed by atoms with Crippen molar-refractivity contribution in [2.24, 2.45) is 0 Å². The molecule has 0 unspecified atom stereocenters. The molecule has 0 aliphatic carbocycles. The Hall–Kier alpha value is -2.23. The first-order valence-electron chi connectivity index (χ1n) is 6.83. The molecule has 0 aliphatic rings. The molecule has 1 heterocycles. The lowest BCUT2D eigenvalue weighted by Crippen LogP contribution is -2.16. The van der Waals surface area contributed by atoms with Gasteiger partial charge in [0.2, 0.25) is 0 Å². The van der Waals surface area contributed by atoms with Crippen LogP contribution in [0.3, 0.4) is 0 Å². The molecule has 2 N–H and O–H groups in total. The Balaban J connectivity index is 2.11. The summed E-state index contributed by atoms with van der Waals surface area (Å²) < 4.78 is 5.66. The van der Waals surface area contributed by atoms with Gasteiger partial charge in [-0.3, -0.25) is 4.98 Å². The van der Waals surface area contributed by atoms with Gasteiger partial charge in [-0.1, -0.05) is 13.0 Å². The zero-order chi connectivity index (χ0) is 14.4. The van der Waals surface area contributed by atoms with E-state index in [2.05, 4.69) is 22.9 Å². The number of nitrogens with zero attached hydrogens (tertiary/aromatic N) is 2. The number of benzene rings is 1. The number of hydrogen-bond acceptors (Lipinski definition) is 4.